The van der Waals surface area contributed by atoms with Gasteiger partial charge in [0.05, 0.1) is 11.4 Å². The summed E-state index contributed by atoms with van der Waals surface area (Å²) in [7, 11) is 0. The van der Waals surface area contributed by atoms with E-state index < -0.39 is 0 Å². The number of hydrazine groups is 1. The Kier molecular flexibility index (Phi) is 2.75. The molecule has 0 unspecified atom stereocenters. The van der Waals surface area contributed by atoms with Gasteiger partial charge in [0.25, 0.3) is 0 Å². The third kappa shape index (κ3) is 1.85. The summed E-state index contributed by atoms with van der Waals surface area (Å²) in [6.45, 7) is 0. The second-order valence-electron chi connectivity index (χ2n) is 2.00. The molecule has 0 radical (unpaired) electrons. The lowest BCUT2D eigenvalue weighted by atomic mass is 10.3. The lowest BCUT2D eigenvalue weighted by Gasteiger charge is -2.05. The molecule has 1 aromatic carbocycles. The molecule has 0 aliphatic rings. The second kappa shape index (κ2) is 3.42. The van der Waals surface area contributed by atoms with Crippen LogP contribution in [0.15, 0.2) is 21.1 Å². The minimum atomic E-state index is 0.613. The number of hydrogen-bond donors (Lipinski definition) is 3. The van der Waals surface area contributed by atoms with E-state index in [9.17, 15) is 0 Å². The van der Waals surface area contributed by atoms with Crippen molar-refractivity contribution in [2.45, 2.75) is 0 Å². The van der Waals surface area contributed by atoms with Crippen molar-refractivity contribution in [3.05, 3.63) is 21.1 Å². The molecule has 0 spiro atoms. The largest absolute Gasteiger partial charge is 0.397 e. The van der Waals surface area contributed by atoms with Gasteiger partial charge >= 0.3 is 0 Å². The molecule has 0 atom stereocenters. The third-order valence-corrected chi connectivity index (χ3v) is 3.09. The SMILES string of the molecule is NNc1cc(Br)c(Br)cc1N. The van der Waals surface area contributed by atoms with Crippen LogP contribution >= 0.6 is 31.9 Å². The highest BCUT2D eigenvalue weighted by Gasteiger charge is 2.01. The summed E-state index contributed by atoms with van der Waals surface area (Å²) in [5.41, 5.74) is 9.42. The van der Waals surface area contributed by atoms with Crippen LogP contribution < -0.4 is 17.0 Å². The van der Waals surface area contributed by atoms with E-state index in [1.807, 2.05) is 0 Å². The molecule has 0 aliphatic heterocycles. The van der Waals surface area contributed by atoms with Gasteiger partial charge in [0, 0.05) is 8.95 Å². The van der Waals surface area contributed by atoms with Crippen LogP contribution in [0.5, 0.6) is 0 Å². The third-order valence-electron chi connectivity index (χ3n) is 1.25. The molecule has 5 N–H and O–H groups in total. The maximum Gasteiger partial charge on any atom is 0.0728 e. The van der Waals surface area contributed by atoms with Gasteiger partial charge in [-0.2, -0.15) is 0 Å². The van der Waals surface area contributed by atoms with Gasteiger partial charge in [-0.05, 0) is 44.0 Å². The van der Waals surface area contributed by atoms with Crippen molar-refractivity contribution in [3.8, 4) is 0 Å². The molecular weight excluding hydrogens is 274 g/mol. The summed E-state index contributed by atoms with van der Waals surface area (Å²) in [6, 6.07) is 3.58. The fourth-order valence-corrected chi connectivity index (χ4v) is 1.39. The summed E-state index contributed by atoms with van der Waals surface area (Å²) >= 11 is 6.64. The molecule has 0 aromatic heterocycles. The first-order valence-electron chi connectivity index (χ1n) is 2.86. The summed E-state index contributed by atoms with van der Waals surface area (Å²) < 4.78 is 1.83. The van der Waals surface area contributed by atoms with Crippen LogP contribution in [0, 0.1) is 0 Å². The van der Waals surface area contributed by atoms with Gasteiger partial charge in [-0.25, -0.2) is 0 Å². The Bertz CT molecular complexity index is 275. The molecular formula is C6H7Br2N3. The Hall–Kier alpha value is -0.260. The number of anilines is 2. The Labute approximate surface area is 81.4 Å². The van der Waals surface area contributed by atoms with Crippen molar-refractivity contribution in [1.29, 1.82) is 0 Å². The zero-order valence-corrected chi connectivity index (χ0v) is 8.74. The average Bonchev–Trinajstić information content (AvgIpc) is 1.97. The average molecular weight is 281 g/mol. The van der Waals surface area contributed by atoms with E-state index in [4.69, 9.17) is 11.6 Å². The molecule has 11 heavy (non-hydrogen) atoms. The summed E-state index contributed by atoms with van der Waals surface area (Å²) in [4.78, 5) is 0. The number of halogens is 2. The highest BCUT2D eigenvalue weighted by molar-refractivity contribution is 9.13. The molecule has 0 fully saturated rings. The molecule has 5 heteroatoms. The highest BCUT2D eigenvalue weighted by Crippen LogP contribution is 2.30. The van der Waals surface area contributed by atoms with Gasteiger partial charge in [-0.15, -0.1) is 0 Å². The van der Waals surface area contributed by atoms with Crippen molar-refractivity contribution < 1.29 is 0 Å². The minimum absolute atomic E-state index is 0.613. The maximum absolute atomic E-state index is 5.61. The van der Waals surface area contributed by atoms with E-state index in [1.165, 1.54) is 0 Å². The molecule has 1 rings (SSSR count). The smallest absolute Gasteiger partial charge is 0.0728 e. The lowest BCUT2D eigenvalue weighted by molar-refractivity contribution is 1.35. The quantitative estimate of drug-likeness (QED) is 0.419. The van der Waals surface area contributed by atoms with E-state index >= 15 is 0 Å². The number of benzene rings is 1. The monoisotopic (exact) mass is 279 g/mol. The van der Waals surface area contributed by atoms with Crippen molar-refractivity contribution in [1.82, 2.24) is 0 Å². The first-order chi connectivity index (χ1) is 5.15. The predicted molar refractivity (Wildman–Crippen MR) is 54.1 cm³/mol. The molecule has 1 aromatic rings. The molecule has 0 saturated carbocycles. The van der Waals surface area contributed by atoms with Crippen LogP contribution in [-0.2, 0) is 0 Å². The summed E-state index contributed by atoms with van der Waals surface area (Å²) in [5.74, 6) is 5.20. The Balaban J connectivity index is 3.21. The molecule has 0 heterocycles. The van der Waals surface area contributed by atoms with Gasteiger partial charge in [0.15, 0.2) is 0 Å². The first-order valence-corrected chi connectivity index (χ1v) is 4.45. The van der Waals surface area contributed by atoms with Crippen molar-refractivity contribution in [2.24, 2.45) is 5.84 Å². The van der Waals surface area contributed by atoms with E-state index in [2.05, 4.69) is 37.3 Å². The van der Waals surface area contributed by atoms with Gasteiger partial charge in [-0.3, -0.25) is 5.84 Å². The molecule has 0 aliphatic carbocycles. The fourth-order valence-electron chi connectivity index (χ4n) is 0.687. The Morgan fingerprint density at radius 3 is 2.27 bits per heavy atom. The second-order valence-corrected chi connectivity index (χ2v) is 3.71. The fraction of sp³-hybridized carbons (Fsp3) is 0. The minimum Gasteiger partial charge on any atom is -0.397 e. The van der Waals surface area contributed by atoms with E-state index in [0.717, 1.165) is 8.95 Å². The standard InChI is InChI=1S/C6H7Br2N3/c7-3-1-5(9)6(11-10)2-4(3)8/h1-2,11H,9-10H2. The van der Waals surface area contributed by atoms with Gasteiger partial charge in [0.1, 0.15) is 0 Å². The number of hydrogen-bond acceptors (Lipinski definition) is 3. The number of nitrogens with one attached hydrogen (secondary N) is 1. The van der Waals surface area contributed by atoms with Crippen molar-refractivity contribution >= 4 is 43.2 Å². The van der Waals surface area contributed by atoms with Crippen molar-refractivity contribution in [2.75, 3.05) is 11.2 Å². The lowest BCUT2D eigenvalue weighted by Crippen LogP contribution is -2.08. The molecule has 3 nitrogen and oxygen atoms in total. The van der Waals surface area contributed by atoms with E-state index in [0.29, 0.717) is 11.4 Å². The number of rotatable bonds is 1. The van der Waals surface area contributed by atoms with Gasteiger partial charge < -0.3 is 11.2 Å². The van der Waals surface area contributed by atoms with Crippen LogP contribution in [0.1, 0.15) is 0 Å². The maximum atomic E-state index is 5.61. The molecule has 0 bridgehead atoms. The Morgan fingerprint density at radius 1 is 1.18 bits per heavy atom. The first kappa shape index (κ1) is 8.83. The highest BCUT2D eigenvalue weighted by atomic mass is 79.9. The van der Waals surface area contributed by atoms with Crippen molar-refractivity contribution in [3.63, 3.8) is 0 Å². The van der Waals surface area contributed by atoms with E-state index in [-0.39, 0.29) is 0 Å². The predicted octanol–water partition coefficient (Wildman–Crippen LogP) is 2.08. The van der Waals surface area contributed by atoms with Crippen LogP contribution in [0.2, 0.25) is 0 Å². The van der Waals surface area contributed by atoms with Crippen LogP contribution in [0.4, 0.5) is 11.4 Å². The number of nitrogens with two attached hydrogens (primary N) is 2. The van der Waals surface area contributed by atoms with Gasteiger partial charge in [-0.1, -0.05) is 0 Å². The summed E-state index contributed by atoms with van der Waals surface area (Å²) in [5, 5.41) is 0. The molecule has 60 valence electrons. The van der Waals surface area contributed by atoms with Gasteiger partial charge in [0.2, 0.25) is 0 Å². The molecule has 0 saturated heterocycles. The summed E-state index contributed by atoms with van der Waals surface area (Å²) in [6.07, 6.45) is 0. The van der Waals surface area contributed by atoms with E-state index in [1.54, 1.807) is 12.1 Å². The molecule has 0 amide bonds. The number of nitrogen functional groups attached to an aromatic ring is 2. The zero-order chi connectivity index (χ0) is 8.43. The zero-order valence-electron chi connectivity index (χ0n) is 5.57. The topological polar surface area (TPSA) is 64.1 Å². The normalized spacial score (nSPS) is 9.73. The Morgan fingerprint density at radius 2 is 1.73 bits per heavy atom. The van der Waals surface area contributed by atoms with Crippen LogP contribution in [0.3, 0.4) is 0 Å². The van der Waals surface area contributed by atoms with Crippen LogP contribution in [-0.4, -0.2) is 0 Å². The van der Waals surface area contributed by atoms with Crippen LogP contribution in [0.25, 0.3) is 0 Å².